The quantitative estimate of drug-likeness (QED) is 0.153. The fourth-order valence-corrected chi connectivity index (χ4v) is 1.29. The first-order valence-corrected chi connectivity index (χ1v) is 6.16. The summed E-state index contributed by atoms with van der Waals surface area (Å²) in [7, 11) is 0. The Kier molecular flexibility index (Phi) is 8.19. The zero-order valence-corrected chi connectivity index (χ0v) is 11.8. The van der Waals surface area contributed by atoms with Gasteiger partial charge in [-0.05, 0) is 6.92 Å². The van der Waals surface area contributed by atoms with Crippen molar-refractivity contribution in [2.75, 3.05) is 0 Å². The molecule has 12 heteroatoms. The molecule has 0 unspecified atom stereocenters. The number of carbonyl (C=O) groups is 3. The van der Waals surface area contributed by atoms with Crippen molar-refractivity contribution in [2.45, 2.75) is 49.7 Å². The molecule has 0 saturated heterocycles. The number of aliphatic hydroxyl groups is 7. The first kappa shape index (κ1) is 21.3. The minimum absolute atomic E-state index is 1.03. The Morgan fingerprint density at radius 3 is 1.43 bits per heavy atom. The van der Waals surface area contributed by atoms with Crippen LogP contribution < -0.4 is 0 Å². The number of rotatable bonds is 8. The molecule has 0 spiro atoms. The molecular formula is C11H18O12. The van der Waals surface area contributed by atoms with Gasteiger partial charge in [0.25, 0.3) is 0 Å². The molecule has 12 nitrogen and oxygen atoms in total. The van der Waals surface area contributed by atoms with E-state index in [0.717, 1.165) is 6.92 Å². The number of hydrogen-bond donors (Lipinski definition) is 8. The topological polar surface area (TPSA) is 222 Å². The summed E-state index contributed by atoms with van der Waals surface area (Å²) >= 11 is 0. The smallest absolute Gasteiger partial charge is 0.345 e. The second-order valence-electron chi connectivity index (χ2n) is 4.63. The van der Waals surface area contributed by atoms with E-state index in [9.17, 15) is 39.9 Å². The van der Waals surface area contributed by atoms with E-state index in [-0.39, 0.29) is 0 Å². The summed E-state index contributed by atoms with van der Waals surface area (Å²) in [6.07, 6.45) is -16.0. The Morgan fingerprint density at radius 2 is 1.09 bits per heavy atom. The van der Waals surface area contributed by atoms with Crippen LogP contribution >= 0.6 is 0 Å². The van der Waals surface area contributed by atoms with Gasteiger partial charge in [-0.3, -0.25) is 0 Å². The van der Waals surface area contributed by atoms with Gasteiger partial charge in [0.05, 0.1) is 6.10 Å². The normalized spacial score (nSPS) is 20.5. The third-order valence-electron chi connectivity index (χ3n) is 2.75. The molecule has 0 aromatic carbocycles. The number of aliphatic carboxylic acids is 1. The number of aliphatic hydroxyl groups excluding tert-OH is 7. The lowest BCUT2D eigenvalue weighted by Crippen LogP contribution is -2.50. The van der Waals surface area contributed by atoms with Crippen LogP contribution in [0, 0.1) is 0 Å². The molecule has 0 radical (unpaired) electrons. The molecular weight excluding hydrogens is 324 g/mol. The van der Waals surface area contributed by atoms with Crippen LogP contribution in [0.5, 0.6) is 0 Å². The van der Waals surface area contributed by atoms with Crippen molar-refractivity contribution in [1.82, 2.24) is 0 Å². The number of carbonyl (C=O) groups excluding carboxylic acids is 2. The van der Waals surface area contributed by atoms with Crippen LogP contribution in [0.15, 0.2) is 0 Å². The maximum atomic E-state index is 11.3. The Morgan fingerprint density at radius 1 is 0.696 bits per heavy atom. The predicted octanol–water partition coefficient (Wildman–Crippen LogP) is -5.31. The van der Waals surface area contributed by atoms with Crippen molar-refractivity contribution in [3.8, 4) is 0 Å². The molecule has 0 bridgehead atoms. The predicted molar refractivity (Wildman–Crippen MR) is 66.5 cm³/mol. The van der Waals surface area contributed by atoms with Crippen molar-refractivity contribution in [3.63, 3.8) is 0 Å². The molecule has 0 aliphatic heterocycles. The van der Waals surface area contributed by atoms with Crippen molar-refractivity contribution in [2.24, 2.45) is 0 Å². The van der Waals surface area contributed by atoms with Crippen LogP contribution in [0.25, 0.3) is 0 Å². The molecule has 0 aliphatic rings. The van der Waals surface area contributed by atoms with E-state index in [2.05, 4.69) is 4.74 Å². The fourth-order valence-electron chi connectivity index (χ4n) is 1.29. The molecule has 0 aromatic heterocycles. The molecule has 0 rings (SSSR count). The number of ether oxygens (including phenoxy) is 1. The van der Waals surface area contributed by atoms with Gasteiger partial charge in [-0.15, -0.1) is 0 Å². The third kappa shape index (κ3) is 5.80. The first-order chi connectivity index (χ1) is 10.4. The van der Waals surface area contributed by atoms with Crippen molar-refractivity contribution < 1.29 is 60.0 Å². The Balaban J connectivity index is 4.77. The maximum absolute atomic E-state index is 11.3. The number of carboxylic acids is 1. The van der Waals surface area contributed by atoms with E-state index in [1.807, 2.05) is 0 Å². The molecule has 0 aliphatic carbocycles. The Bertz CT molecular complexity index is 435. The largest absolute Gasteiger partial charge is 0.479 e. The van der Waals surface area contributed by atoms with Gasteiger partial charge in [-0.25, -0.2) is 14.4 Å². The maximum Gasteiger partial charge on any atom is 0.345 e. The van der Waals surface area contributed by atoms with Crippen LogP contribution in [0.3, 0.4) is 0 Å². The van der Waals surface area contributed by atoms with Crippen molar-refractivity contribution in [1.29, 1.82) is 0 Å². The lowest BCUT2D eigenvalue weighted by molar-refractivity contribution is -0.185. The average molecular weight is 342 g/mol. The van der Waals surface area contributed by atoms with E-state index in [1.165, 1.54) is 0 Å². The van der Waals surface area contributed by atoms with Gasteiger partial charge >= 0.3 is 17.9 Å². The highest BCUT2D eigenvalue weighted by Gasteiger charge is 2.39. The fraction of sp³-hybridized carbons (Fsp3) is 0.727. The summed E-state index contributed by atoms with van der Waals surface area (Å²) in [6, 6.07) is 0. The highest BCUT2D eigenvalue weighted by Crippen LogP contribution is 2.08. The lowest BCUT2D eigenvalue weighted by atomic mass is 10.0. The van der Waals surface area contributed by atoms with E-state index >= 15 is 0 Å². The van der Waals surface area contributed by atoms with Crippen LogP contribution in [0.1, 0.15) is 6.92 Å². The van der Waals surface area contributed by atoms with E-state index in [4.69, 9.17) is 15.3 Å². The highest BCUT2D eigenvalue weighted by atomic mass is 16.6. The second kappa shape index (κ2) is 8.83. The van der Waals surface area contributed by atoms with Crippen LogP contribution in [-0.2, 0) is 19.1 Å². The van der Waals surface area contributed by atoms with Gasteiger partial charge in [0, 0.05) is 0 Å². The van der Waals surface area contributed by atoms with Gasteiger partial charge in [-0.2, -0.15) is 0 Å². The first-order valence-electron chi connectivity index (χ1n) is 6.16. The number of hydrogen-bond acceptors (Lipinski definition) is 11. The molecule has 134 valence electrons. The van der Waals surface area contributed by atoms with Crippen LogP contribution in [-0.4, -0.2) is 101 Å². The zero-order valence-electron chi connectivity index (χ0n) is 11.8. The van der Waals surface area contributed by atoms with Gasteiger partial charge in [0.15, 0.2) is 18.3 Å². The highest BCUT2D eigenvalue weighted by molar-refractivity contribution is 5.90. The average Bonchev–Trinajstić information content (AvgIpc) is 2.49. The summed E-state index contributed by atoms with van der Waals surface area (Å²) in [4.78, 5) is 33.0. The zero-order chi connectivity index (χ0) is 18.5. The van der Waals surface area contributed by atoms with Crippen LogP contribution in [0.4, 0.5) is 0 Å². The van der Waals surface area contributed by atoms with E-state index < -0.39 is 60.6 Å². The van der Waals surface area contributed by atoms with E-state index in [1.54, 1.807) is 0 Å². The van der Waals surface area contributed by atoms with Gasteiger partial charge in [0.1, 0.15) is 18.3 Å². The summed E-state index contributed by atoms with van der Waals surface area (Å²) < 4.78 is 3.88. The third-order valence-corrected chi connectivity index (χ3v) is 2.75. The van der Waals surface area contributed by atoms with Crippen LogP contribution in [0.2, 0.25) is 0 Å². The molecule has 23 heavy (non-hydrogen) atoms. The van der Waals surface area contributed by atoms with Gasteiger partial charge in [0.2, 0.25) is 0 Å². The van der Waals surface area contributed by atoms with Gasteiger partial charge in [-0.1, -0.05) is 0 Å². The summed E-state index contributed by atoms with van der Waals surface area (Å²) in [5.74, 6) is -5.73. The van der Waals surface area contributed by atoms with Crippen molar-refractivity contribution >= 4 is 17.9 Å². The van der Waals surface area contributed by atoms with Crippen molar-refractivity contribution in [3.05, 3.63) is 0 Å². The Labute approximate surface area is 128 Å². The number of esters is 2. The molecule has 0 saturated carbocycles. The monoisotopic (exact) mass is 342 g/mol. The number of carboxylic acid groups (broad SMARTS) is 1. The standard InChI is InChI=1S/C11H18O12/c1-2(12)3(13)4(14)7(17)10(21)23-11(22)8(18)5(15)6(16)9(19)20/h2-8,12-18H,1H3,(H,19,20)/t2-,3-,4+,5-,6+,7-,8+/m1/s1. The SMILES string of the molecule is C[C@@H](O)[C@@H](O)[C@H](O)[C@@H](O)C(=O)OC(=O)[C@@H](O)[C@H](O)[C@H](O)C(=O)O. The lowest BCUT2D eigenvalue weighted by Gasteiger charge is -2.24. The summed E-state index contributed by atoms with van der Waals surface area (Å²) in [5.41, 5.74) is 0. The minimum atomic E-state index is -2.64. The Hall–Kier alpha value is -1.67. The molecule has 0 fully saturated rings. The second-order valence-corrected chi connectivity index (χ2v) is 4.63. The molecule has 0 heterocycles. The summed E-state index contributed by atoms with van der Waals surface area (Å²) in [6.45, 7) is 1.03. The molecule has 8 N–H and O–H groups in total. The van der Waals surface area contributed by atoms with E-state index in [0.29, 0.717) is 0 Å². The molecule has 0 aromatic rings. The minimum Gasteiger partial charge on any atom is -0.479 e. The molecule has 7 atom stereocenters. The molecule has 0 amide bonds. The van der Waals surface area contributed by atoms with Gasteiger partial charge < -0.3 is 45.6 Å². The summed E-state index contributed by atoms with van der Waals surface area (Å²) in [5, 5.41) is 72.6.